The van der Waals surface area contributed by atoms with Gasteiger partial charge in [0, 0.05) is 0 Å². The van der Waals surface area contributed by atoms with Crippen molar-refractivity contribution in [2.24, 2.45) is 11.8 Å². The van der Waals surface area contributed by atoms with Crippen molar-refractivity contribution < 1.29 is 0 Å². The highest BCUT2D eigenvalue weighted by atomic mass is 14.2. The Bertz CT molecular complexity index is 202. The van der Waals surface area contributed by atoms with Gasteiger partial charge in [-0.2, -0.15) is 0 Å². The second kappa shape index (κ2) is 7.92. The van der Waals surface area contributed by atoms with Crippen molar-refractivity contribution in [3.05, 3.63) is 11.6 Å². The van der Waals surface area contributed by atoms with E-state index in [4.69, 9.17) is 0 Å². The first-order valence-electron chi connectivity index (χ1n) is 7.39. The van der Waals surface area contributed by atoms with Crippen molar-refractivity contribution in [3.8, 4) is 0 Å². The van der Waals surface area contributed by atoms with Crippen LogP contribution in [0.4, 0.5) is 0 Å². The predicted molar refractivity (Wildman–Crippen MR) is 73.6 cm³/mol. The lowest BCUT2D eigenvalue weighted by molar-refractivity contribution is 0.410. The molecule has 0 saturated carbocycles. The standard InChI is InChI=1S/C16H30/c1-4-5-8-14(2)9-6-11-16-12-7-10-15(3)13-16/h13-14,16H,4-12H2,1-3H3/t14-,16?/m0/s1. The average Bonchev–Trinajstić information content (AvgIpc) is 2.26. The molecule has 0 aromatic heterocycles. The molecule has 94 valence electrons. The molecule has 0 radical (unpaired) electrons. The summed E-state index contributed by atoms with van der Waals surface area (Å²) >= 11 is 0. The van der Waals surface area contributed by atoms with Crippen molar-refractivity contribution in [1.29, 1.82) is 0 Å². The fraction of sp³-hybridized carbons (Fsp3) is 0.875. The van der Waals surface area contributed by atoms with Crippen molar-refractivity contribution >= 4 is 0 Å². The third-order valence-corrected chi connectivity index (χ3v) is 3.99. The van der Waals surface area contributed by atoms with Gasteiger partial charge in [0.05, 0.1) is 0 Å². The normalized spacial score (nSPS) is 22.9. The summed E-state index contributed by atoms with van der Waals surface area (Å²) in [6.07, 6.45) is 15.3. The van der Waals surface area contributed by atoms with Crippen LogP contribution in [0.25, 0.3) is 0 Å². The molecule has 0 aromatic carbocycles. The zero-order chi connectivity index (χ0) is 11.8. The summed E-state index contributed by atoms with van der Waals surface area (Å²) in [6.45, 7) is 7.02. The maximum atomic E-state index is 2.54. The van der Waals surface area contributed by atoms with Gasteiger partial charge in [-0.15, -0.1) is 0 Å². The largest absolute Gasteiger partial charge is 0.0825 e. The van der Waals surface area contributed by atoms with Gasteiger partial charge in [-0.05, 0) is 44.4 Å². The summed E-state index contributed by atoms with van der Waals surface area (Å²) < 4.78 is 0. The molecule has 0 amide bonds. The van der Waals surface area contributed by atoms with Gasteiger partial charge in [-0.3, -0.25) is 0 Å². The topological polar surface area (TPSA) is 0 Å². The first-order chi connectivity index (χ1) is 7.72. The molecular formula is C16H30. The van der Waals surface area contributed by atoms with E-state index in [0.29, 0.717) is 0 Å². The molecule has 0 bridgehead atoms. The van der Waals surface area contributed by atoms with Crippen LogP contribution in [0.1, 0.15) is 78.6 Å². The van der Waals surface area contributed by atoms with E-state index in [0.717, 1.165) is 11.8 Å². The SMILES string of the molecule is CCCC[C@H](C)CCCC1C=C(C)CCC1. The van der Waals surface area contributed by atoms with Gasteiger partial charge in [-0.1, -0.05) is 57.6 Å². The molecule has 2 atom stereocenters. The summed E-state index contributed by atoms with van der Waals surface area (Å²) in [5.74, 6) is 1.86. The zero-order valence-electron chi connectivity index (χ0n) is 11.6. The van der Waals surface area contributed by atoms with Crippen LogP contribution in [0.5, 0.6) is 0 Å². The zero-order valence-corrected chi connectivity index (χ0v) is 11.6. The minimum Gasteiger partial charge on any atom is -0.0825 e. The Morgan fingerprint density at radius 3 is 2.75 bits per heavy atom. The molecule has 0 heteroatoms. The van der Waals surface area contributed by atoms with Crippen LogP contribution < -0.4 is 0 Å². The van der Waals surface area contributed by atoms with Gasteiger partial charge in [0.2, 0.25) is 0 Å². The van der Waals surface area contributed by atoms with Crippen molar-refractivity contribution in [2.75, 3.05) is 0 Å². The highest BCUT2D eigenvalue weighted by Gasteiger charge is 2.11. The van der Waals surface area contributed by atoms with E-state index >= 15 is 0 Å². The Hall–Kier alpha value is -0.260. The molecule has 0 nitrogen and oxygen atoms in total. The number of hydrogen-bond acceptors (Lipinski definition) is 0. The van der Waals surface area contributed by atoms with E-state index < -0.39 is 0 Å². The molecule has 0 heterocycles. The van der Waals surface area contributed by atoms with Crippen molar-refractivity contribution in [3.63, 3.8) is 0 Å². The predicted octanol–water partition coefficient (Wildman–Crippen LogP) is 5.73. The van der Waals surface area contributed by atoms with Crippen LogP contribution in [-0.4, -0.2) is 0 Å². The van der Waals surface area contributed by atoms with Crippen LogP contribution in [0.2, 0.25) is 0 Å². The fourth-order valence-corrected chi connectivity index (χ4v) is 2.87. The number of hydrogen-bond donors (Lipinski definition) is 0. The van der Waals surface area contributed by atoms with E-state index in [2.05, 4.69) is 26.8 Å². The molecule has 0 saturated heterocycles. The summed E-state index contributed by atoms with van der Waals surface area (Å²) in [5.41, 5.74) is 1.63. The van der Waals surface area contributed by atoms with Crippen molar-refractivity contribution in [2.45, 2.75) is 78.6 Å². The lowest BCUT2D eigenvalue weighted by atomic mass is 9.86. The molecule has 1 unspecified atom stereocenters. The number of unbranched alkanes of at least 4 members (excludes halogenated alkanes) is 1. The van der Waals surface area contributed by atoms with Gasteiger partial charge in [0.15, 0.2) is 0 Å². The Labute approximate surface area is 103 Å². The summed E-state index contributed by atoms with van der Waals surface area (Å²) in [7, 11) is 0. The Morgan fingerprint density at radius 1 is 1.31 bits per heavy atom. The monoisotopic (exact) mass is 222 g/mol. The molecule has 1 rings (SSSR count). The Balaban J connectivity index is 2.08. The fourth-order valence-electron chi connectivity index (χ4n) is 2.87. The van der Waals surface area contributed by atoms with Gasteiger partial charge in [0.1, 0.15) is 0 Å². The minimum atomic E-state index is 0.909. The van der Waals surface area contributed by atoms with Gasteiger partial charge >= 0.3 is 0 Å². The third kappa shape index (κ3) is 5.72. The first-order valence-corrected chi connectivity index (χ1v) is 7.39. The summed E-state index contributed by atoms with van der Waals surface area (Å²) in [5, 5.41) is 0. The van der Waals surface area contributed by atoms with E-state index in [1.54, 1.807) is 5.57 Å². The van der Waals surface area contributed by atoms with Gasteiger partial charge in [0.25, 0.3) is 0 Å². The summed E-state index contributed by atoms with van der Waals surface area (Å²) in [4.78, 5) is 0. The molecule has 0 aromatic rings. The molecular weight excluding hydrogens is 192 g/mol. The Kier molecular flexibility index (Phi) is 6.84. The van der Waals surface area contributed by atoms with E-state index in [1.165, 1.54) is 57.8 Å². The van der Waals surface area contributed by atoms with Crippen LogP contribution in [-0.2, 0) is 0 Å². The Morgan fingerprint density at radius 2 is 2.06 bits per heavy atom. The average molecular weight is 222 g/mol. The van der Waals surface area contributed by atoms with Crippen LogP contribution in [0.3, 0.4) is 0 Å². The van der Waals surface area contributed by atoms with Crippen LogP contribution in [0.15, 0.2) is 11.6 Å². The van der Waals surface area contributed by atoms with Crippen LogP contribution in [0, 0.1) is 11.8 Å². The molecule has 0 aliphatic heterocycles. The minimum absolute atomic E-state index is 0.909. The van der Waals surface area contributed by atoms with Gasteiger partial charge in [-0.25, -0.2) is 0 Å². The highest BCUT2D eigenvalue weighted by molar-refractivity contribution is 5.04. The molecule has 1 aliphatic rings. The van der Waals surface area contributed by atoms with Gasteiger partial charge < -0.3 is 0 Å². The van der Waals surface area contributed by atoms with E-state index in [-0.39, 0.29) is 0 Å². The first kappa shape index (κ1) is 13.8. The molecule has 16 heavy (non-hydrogen) atoms. The second-order valence-corrected chi connectivity index (χ2v) is 5.84. The lowest BCUT2D eigenvalue weighted by Crippen LogP contribution is -2.04. The molecule has 0 fully saturated rings. The highest BCUT2D eigenvalue weighted by Crippen LogP contribution is 2.27. The second-order valence-electron chi connectivity index (χ2n) is 5.84. The van der Waals surface area contributed by atoms with E-state index in [1.807, 2.05) is 0 Å². The quantitative estimate of drug-likeness (QED) is 0.483. The lowest BCUT2D eigenvalue weighted by Gasteiger charge is -2.20. The smallest absolute Gasteiger partial charge is 0.0231 e. The third-order valence-electron chi connectivity index (χ3n) is 3.99. The number of rotatable bonds is 7. The van der Waals surface area contributed by atoms with Crippen LogP contribution >= 0.6 is 0 Å². The molecule has 0 spiro atoms. The van der Waals surface area contributed by atoms with Crippen molar-refractivity contribution in [1.82, 2.24) is 0 Å². The summed E-state index contributed by atoms with van der Waals surface area (Å²) in [6, 6.07) is 0. The molecule has 0 N–H and O–H groups in total. The molecule has 1 aliphatic carbocycles. The maximum absolute atomic E-state index is 2.54. The number of allylic oxidation sites excluding steroid dienone is 2. The van der Waals surface area contributed by atoms with E-state index in [9.17, 15) is 0 Å². The maximum Gasteiger partial charge on any atom is -0.0231 e.